The highest BCUT2D eigenvalue weighted by Gasteiger charge is 2.38. The predicted molar refractivity (Wildman–Crippen MR) is 76.3 cm³/mol. The minimum Gasteiger partial charge on any atom is -0.469 e. The minimum absolute atomic E-state index is 0.0508. The second-order valence-electron chi connectivity index (χ2n) is 6.16. The highest BCUT2D eigenvalue weighted by atomic mass is 16.5. The molecule has 6 heteroatoms. The van der Waals surface area contributed by atoms with Crippen molar-refractivity contribution < 1.29 is 19.1 Å². The van der Waals surface area contributed by atoms with Gasteiger partial charge < -0.3 is 14.5 Å². The molecule has 0 aromatic heterocycles. The van der Waals surface area contributed by atoms with Gasteiger partial charge in [0.15, 0.2) is 0 Å². The summed E-state index contributed by atoms with van der Waals surface area (Å²) in [6.07, 6.45) is 1.61. The summed E-state index contributed by atoms with van der Waals surface area (Å²) in [6.45, 7) is 5.60. The van der Waals surface area contributed by atoms with Gasteiger partial charge in [0.1, 0.15) is 0 Å². The number of carbonyl (C=O) groups is 3. The molecule has 21 heavy (non-hydrogen) atoms. The van der Waals surface area contributed by atoms with E-state index in [-0.39, 0.29) is 35.7 Å². The monoisotopic (exact) mass is 296 g/mol. The normalized spacial score (nSPS) is 23.8. The Morgan fingerprint density at radius 2 is 1.81 bits per heavy atom. The topological polar surface area (TPSA) is 66.9 Å². The van der Waals surface area contributed by atoms with Crippen LogP contribution in [0.4, 0.5) is 0 Å². The van der Waals surface area contributed by atoms with E-state index < -0.39 is 0 Å². The first-order chi connectivity index (χ1) is 9.93. The molecular formula is C15H24N2O4. The molecule has 0 saturated carbocycles. The molecule has 0 bridgehead atoms. The number of nitrogens with zero attached hydrogens (tertiary/aromatic N) is 2. The molecule has 6 nitrogen and oxygen atoms in total. The molecule has 0 spiro atoms. The van der Waals surface area contributed by atoms with E-state index in [4.69, 9.17) is 4.74 Å². The van der Waals surface area contributed by atoms with E-state index in [0.29, 0.717) is 38.9 Å². The number of ether oxygens (including phenoxy) is 1. The Balaban J connectivity index is 1.88. The van der Waals surface area contributed by atoms with Gasteiger partial charge in [-0.1, -0.05) is 0 Å². The fourth-order valence-corrected chi connectivity index (χ4v) is 3.16. The van der Waals surface area contributed by atoms with Crippen LogP contribution in [-0.2, 0) is 19.1 Å². The first kappa shape index (κ1) is 15.8. The van der Waals surface area contributed by atoms with Crippen LogP contribution in [-0.4, -0.2) is 60.4 Å². The number of piperidine rings is 1. The Morgan fingerprint density at radius 1 is 1.19 bits per heavy atom. The van der Waals surface area contributed by atoms with Gasteiger partial charge in [-0.3, -0.25) is 14.4 Å². The Bertz CT molecular complexity index is 427. The van der Waals surface area contributed by atoms with Crippen molar-refractivity contribution in [2.45, 2.75) is 39.2 Å². The van der Waals surface area contributed by atoms with E-state index in [1.165, 1.54) is 7.11 Å². The number of hydrogen-bond acceptors (Lipinski definition) is 4. The Hall–Kier alpha value is -1.59. The Morgan fingerprint density at radius 3 is 2.29 bits per heavy atom. The molecule has 118 valence electrons. The summed E-state index contributed by atoms with van der Waals surface area (Å²) in [5, 5.41) is 0. The molecular weight excluding hydrogens is 272 g/mol. The summed E-state index contributed by atoms with van der Waals surface area (Å²) in [6, 6.07) is 0.139. The number of methoxy groups -OCH3 is 1. The number of likely N-dealkylation sites (tertiary alicyclic amines) is 2. The summed E-state index contributed by atoms with van der Waals surface area (Å²) >= 11 is 0. The molecule has 2 rings (SSSR count). The van der Waals surface area contributed by atoms with Crippen molar-refractivity contribution in [3.63, 3.8) is 0 Å². The van der Waals surface area contributed by atoms with Crippen LogP contribution in [0.5, 0.6) is 0 Å². The zero-order valence-electron chi connectivity index (χ0n) is 13.0. The van der Waals surface area contributed by atoms with Crippen LogP contribution in [0, 0.1) is 11.8 Å². The fourth-order valence-electron chi connectivity index (χ4n) is 3.16. The van der Waals surface area contributed by atoms with Crippen molar-refractivity contribution in [2.75, 3.05) is 26.7 Å². The highest BCUT2D eigenvalue weighted by Crippen LogP contribution is 2.25. The Labute approximate surface area is 125 Å². The van der Waals surface area contributed by atoms with Gasteiger partial charge in [0.05, 0.1) is 18.9 Å². The lowest BCUT2D eigenvalue weighted by Gasteiger charge is -2.32. The standard InChI is InChI=1S/C15H24N2O4/c1-10(2)17-9-12(8-13(17)18)14(19)16-6-4-11(5-7-16)15(20)21-3/h10-12H,4-9H2,1-3H3/t12-/m1/s1. The number of hydrogen-bond donors (Lipinski definition) is 0. The smallest absolute Gasteiger partial charge is 0.308 e. The van der Waals surface area contributed by atoms with E-state index in [1.807, 2.05) is 13.8 Å². The van der Waals surface area contributed by atoms with Crippen LogP contribution < -0.4 is 0 Å². The molecule has 0 aromatic rings. The van der Waals surface area contributed by atoms with Gasteiger partial charge in [0.25, 0.3) is 0 Å². The van der Waals surface area contributed by atoms with Crippen LogP contribution in [0.15, 0.2) is 0 Å². The number of rotatable bonds is 3. The molecule has 2 heterocycles. The second-order valence-corrected chi connectivity index (χ2v) is 6.16. The first-order valence-corrected chi connectivity index (χ1v) is 7.60. The molecule has 0 unspecified atom stereocenters. The van der Waals surface area contributed by atoms with E-state index in [0.717, 1.165) is 0 Å². The van der Waals surface area contributed by atoms with E-state index >= 15 is 0 Å². The lowest BCUT2D eigenvalue weighted by Crippen LogP contribution is -2.44. The van der Waals surface area contributed by atoms with Crippen LogP contribution in [0.1, 0.15) is 33.1 Å². The molecule has 2 saturated heterocycles. The fraction of sp³-hybridized carbons (Fsp3) is 0.800. The third kappa shape index (κ3) is 3.36. The van der Waals surface area contributed by atoms with Crippen LogP contribution >= 0.6 is 0 Å². The van der Waals surface area contributed by atoms with Gasteiger partial charge in [-0.15, -0.1) is 0 Å². The van der Waals surface area contributed by atoms with Gasteiger partial charge in [0, 0.05) is 32.1 Å². The zero-order chi connectivity index (χ0) is 15.6. The average molecular weight is 296 g/mol. The SMILES string of the molecule is COC(=O)C1CCN(C(=O)[C@@H]2CC(=O)N(C(C)C)C2)CC1. The van der Waals surface area contributed by atoms with Crippen molar-refractivity contribution in [1.82, 2.24) is 9.80 Å². The number of carbonyl (C=O) groups excluding carboxylic acids is 3. The van der Waals surface area contributed by atoms with Gasteiger partial charge in [-0.05, 0) is 26.7 Å². The molecule has 2 fully saturated rings. The van der Waals surface area contributed by atoms with Gasteiger partial charge >= 0.3 is 5.97 Å². The molecule has 0 radical (unpaired) electrons. The van der Waals surface area contributed by atoms with E-state index in [1.54, 1.807) is 9.80 Å². The minimum atomic E-state index is -0.227. The van der Waals surface area contributed by atoms with Crippen molar-refractivity contribution in [2.24, 2.45) is 11.8 Å². The molecule has 1 atom stereocenters. The molecule has 2 aliphatic heterocycles. The lowest BCUT2D eigenvalue weighted by molar-refractivity contribution is -0.149. The molecule has 0 aromatic carbocycles. The van der Waals surface area contributed by atoms with Crippen LogP contribution in [0.3, 0.4) is 0 Å². The lowest BCUT2D eigenvalue weighted by atomic mass is 9.95. The number of amides is 2. The van der Waals surface area contributed by atoms with Crippen LogP contribution in [0.2, 0.25) is 0 Å². The molecule has 2 amide bonds. The van der Waals surface area contributed by atoms with Crippen molar-refractivity contribution >= 4 is 17.8 Å². The molecule has 0 aliphatic carbocycles. The van der Waals surface area contributed by atoms with Gasteiger partial charge in [-0.2, -0.15) is 0 Å². The largest absolute Gasteiger partial charge is 0.469 e. The second kappa shape index (κ2) is 6.45. The first-order valence-electron chi connectivity index (χ1n) is 7.60. The third-order valence-electron chi connectivity index (χ3n) is 4.47. The summed E-state index contributed by atoms with van der Waals surface area (Å²) < 4.78 is 4.75. The Kier molecular flexibility index (Phi) is 4.85. The van der Waals surface area contributed by atoms with E-state index in [2.05, 4.69) is 0 Å². The highest BCUT2D eigenvalue weighted by molar-refractivity contribution is 5.89. The third-order valence-corrected chi connectivity index (χ3v) is 4.47. The van der Waals surface area contributed by atoms with Crippen molar-refractivity contribution in [1.29, 1.82) is 0 Å². The van der Waals surface area contributed by atoms with Gasteiger partial charge in [-0.25, -0.2) is 0 Å². The zero-order valence-corrected chi connectivity index (χ0v) is 13.0. The van der Waals surface area contributed by atoms with E-state index in [9.17, 15) is 14.4 Å². The summed E-state index contributed by atoms with van der Waals surface area (Å²) in [7, 11) is 1.39. The molecule has 0 N–H and O–H groups in total. The average Bonchev–Trinajstić information content (AvgIpc) is 2.88. The van der Waals surface area contributed by atoms with Crippen LogP contribution in [0.25, 0.3) is 0 Å². The quantitative estimate of drug-likeness (QED) is 0.717. The summed E-state index contributed by atoms with van der Waals surface area (Å²) in [5.74, 6) is -0.405. The maximum atomic E-state index is 12.5. The summed E-state index contributed by atoms with van der Waals surface area (Å²) in [5.41, 5.74) is 0. The molecule has 2 aliphatic rings. The predicted octanol–water partition coefficient (Wildman–Crippen LogP) is 0.655. The summed E-state index contributed by atoms with van der Waals surface area (Å²) in [4.78, 5) is 39.4. The van der Waals surface area contributed by atoms with Crippen molar-refractivity contribution in [3.05, 3.63) is 0 Å². The maximum Gasteiger partial charge on any atom is 0.308 e. The number of esters is 1. The van der Waals surface area contributed by atoms with Crippen molar-refractivity contribution in [3.8, 4) is 0 Å². The van der Waals surface area contributed by atoms with Gasteiger partial charge in [0.2, 0.25) is 11.8 Å². The maximum absolute atomic E-state index is 12.5.